The van der Waals surface area contributed by atoms with Gasteiger partial charge in [0.1, 0.15) is 11.9 Å². The molecule has 31 heavy (non-hydrogen) atoms. The number of rotatable bonds is 6. The van der Waals surface area contributed by atoms with Crippen molar-refractivity contribution in [1.82, 2.24) is 15.1 Å². The molecule has 0 bridgehead atoms. The van der Waals surface area contributed by atoms with Gasteiger partial charge in [-0.1, -0.05) is 0 Å². The van der Waals surface area contributed by atoms with Gasteiger partial charge in [0, 0.05) is 32.5 Å². The lowest BCUT2D eigenvalue weighted by atomic mass is 10.0. The number of carboxylic acid groups (broad SMARTS) is 1. The van der Waals surface area contributed by atoms with Crippen LogP contribution in [0.15, 0.2) is 29.0 Å². The molecule has 2 N–H and O–H groups in total. The molecule has 4 rings (SSSR count). The topological polar surface area (TPSA) is 98.8 Å². The lowest BCUT2D eigenvalue weighted by molar-refractivity contribution is -0.192. The summed E-state index contributed by atoms with van der Waals surface area (Å²) in [6, 6.07) is 3.88. The average Bonchev–Trinajstić information content (AvgIpc) is 3.38. The molecule has 2 aromatic rings. The normalized spacial score (nSPS) is 19.4. The molecule has 11 heteroatoms. The predicted molar refractivity (Wildman–Crippen MR) is 102 cm³/mol. The molecular formula is C20H26F3N3O5. The maximum absolute atomic E-state index is 10.6. The number of aromatic nitrogens is 2. The molecule has 0 radical (unpaired) electrons. The lowest BCUT2D eigenvalue weighted by Gasteiger charge is -2.22. The van der Waals surface area contributed by atoms with Crippen molar-refractivity contribution in [2.75, 3.05) is 26.4 Å². The van der Waals surface area contributed by atoms with Crippen LogP contribution in [0.1, 0.15) is 36.0 Å². The summed E-state index contributed by atoms with van der Waals surface area (Å²) in [6.07, 6.45) is 2.08. The first-order chi connectivity index (χ1) is 14.8. The van der Waals surface area contributed by atoms with E-state index in [-0.39, 0.29) is 6.10 Å². The Bertz CT molecular complexity index is 817. The molecule has 0 aromatic carbocycles. The minimum absolute atomic E-state index is 0.0275. The number of furan rings is 1. The van der Waals surface area contributed by atoms with Crippen LogP contribution in [0.25, 0.3) is 0 Å². The molecule has 1 saturated heterocycles. The maximum Gasteiger partial charge on any atom is 0.490 e. The summed E-state index contributed by atoms with van der Waals surface area (Å²) < 4.78 is 50.6. The van der Waals surface area contributed by atoms with Gasteiger partial charge in [-0.25, -0.2) is 4.79 Å². The zero-order valence-electron chi connectivity index (χ0n) is 16.9. The van der Waals surface area contributed by atoms with Crippen molar-refractivity contribution < 1.29 is 37.0 Å². The second-order valence-electron chi connectivity index (χ2n) is 7.44. The van der Waals surface area contributed by atoms with Crippen molar-refractivity contribution in [3.63, 3.8) is 0 Å². The highest BCUT2D eigenvalue weighted by Crippen LogP contribution is 2.26. The fourth-order valence-electron chi connectivity index (χ4n) is 3.51. The number of carboxylic acids is 1. The predicted octanol–water partition coefficient (Wildman–Crippen LogP) is 2.94. The van der Waals surface area contributed by atoms with Crippen molar-refractivity contribution >= 4 is 5.97 Å². The second-order valence-corrected chi connectivity index (χ2v) is 7.44. The molecule has 2 aromatic heterocycles. The van der Waals surface area contributed by atoms with Crippen LogP contribution < -0.4 is 5.32 Å². The van der Waals surface area contributed by atoms with Crippen molar-refractivity contribution in [2.24, 2.45) is 5.92 Å². The van der Waals surface area contributed by atoms with Crippen LogP contribution >= 0.6 is 0 Å². The summed E-state index contributed by atoms with van der Waals surface area (Å²) in [7, 11) is 0. The number of halogens is 3. The quantitative estimate of drug-likeness (QED) is 0.705. The van der Waals surface area contributed by atoms with Gasteiger partial charge in [-0.2, -0.15) is 18.3 Å². The fraction of sp³-hybridized carbons (Fsp3) is 0.600. The third kappa shape index (κ3) is 7.08. The largest absolute Gasteiger partial charge is 0.490 e. The monoisotopic (exact) mass is 445 g/mol. The van der Waals surface area contributed by atoms with E-state index in [1.165, 1.54) is 5.56 Å². The van der Waals surface area contributed by atoms with E-state index in [9.17, 15) is 13.2 Å². The number of carbonyl (C=O) groups is 1. The number of aliphatic carboxylic acids is 1. The summed E-state index contributed by atoms with van der Waals surface area (Å²) in [5.74, 6) is -1.14. The number of hydrogen-bond donors (Lipinski definition) is 2. The summed E-state index contributed by atoms with van der Waals surface area (Å²) in [4.78, 5) is 8.90. The summed E-state index contributed by atoms with van der Waals surface area (Å²) in [6.45, 7) is 4.99. The Hall–Kier alpha value is -2.37. The molecule has 0 aliphatic carbocycles. The first-order valence-corrected chi connectivity index (χ1v) is 10.1. The third-order valence-corrected chi connectivity index (χ3v) is 5.10. The molecule has 1 unspecified atom stereocenters. The van der Waals surface area contributed by atoms with Crippen LogP contribution in [0.3, 0.4) is 0 Å². The molecule has 2 aliphatic rings. The fourth-order valence-corrected chi connectivity index (χ4v) is 3.51. The minimum Gasteiger partial charge on any atom is -0.475 e. The summed E-state index contributed by atoms with van der Waals surface area (Å²) in [5.41, 5.74) is 2.43. The van der Waals surface area contributed by atoms with Gasteiger partial charge < -0.3 is 24.3 Å². The van der Waals surface area contributed by atoms with Crippen LogP contribution in [0.4, 0.5) is 13.2 Å². The Balaban J connectivity index is 0.000000339. The van der Waals surface area contributed by atoms with E-state index in [4.69, 9.17) is 28.9 Å². The first kappa shape index (κ1) is 23.3. The minimum atomic E-state index is -5.08. The molecular weight excluding hydrogens is 419 g/mol. The molecule has 2 aliphatic heterocycles. The molecule has 0 saturated carbocycles. The smallest absolute Gasteiger partial charge is 0.475 e. The van der Waals surface area contributed by atoms with Crippen LogP contribution in [0.2, 0.25) is 0 Å². The Kier molecular flexibility index (Phi) is 8.10. The number of alkyl halides is 3. The van der Waals surface area contributed by atoms with Crippen LogP contribution in [-0.4, -0.2) is 53.4 Å². The van der Waals surface area contributed by atoms with Crippen molar-refractivity contribution in [2.45, 2.75) is 44.6 Å². The van der Waals surface area contributed by atoms with Crippen molar-refractivity contribution in [3.05, 3.63) is 41.6 Å². The Morgan fingerprint density at radius 2 is 2.03 bits per heavy atom. The molecule has 1 atom stereocenters. The molecule has 0 amide bonds. The highest BCUT2D eigenvalue weighted by atomic mass is 19.4. The number of ether oxygens (including phenoxy) is 2. The molecule has 0 spiro atoms. The molecule has 1 fully saturated rings. The maximum atomic E-state index is 10.6. The van der Waals surface area contributed by atoms with Gasteiger partial charge >= 0.3 is 12.1 Å². The summed E-state index contributed by atoms with van der Waals surface area (Å²) in [5, 5.41) is 15.4. The molecule has 172 valence electrons. The summed E-state index contributed by atoms with van der Waals surface area (Å²) >= 11 is 0. The highest BCUT2D eigenvalue weighted by Gasteiger charge is 2.38. The standard InChI is InChI=1S/C18H25N3O3.C2HF3O2/c1-2-16(23-6-1)10-19-11-17-18-15(5-9-24-17)13-21(20-18)12-14-3-7-22-8-4-14;3-2(4,5)1(6)7/h1-2,6,13-14,17,19H,3-5,7-12H2;(H,6,7). The number of nitrogens with zero attached hydrogens (tertiary/aromatic N) is 2. The average molecular weight is 445 g/mol. The van der Waals surface area contributed by atoms with Crippen molar-refractivity contribution in [3.8, 4) is 0 Å². The molecule has 4 heterocycles. The number of hydrogen-bond acceptors (Lipinski definition) is 6. The Morgan fingerprint density at radius 3 is 2.68 bits per heavy atom. The van der Waals surface area contributed by atoms with Gasteiger partial charge in [0.25, 0.3) is 0 Å². The van der Waals surface area contributed by atoms with E-state index in [1.54, 1.807) is 6.26 Å². The second kappa shape index (κ2) is 10.8. The Morgan fingerprint density at radius 1 is 1.29 bits per heavy atom. The van der Waals surface area contributed by atoms with Gasteiger partial charge in [-0.05, 0) is 42.9 Å². The van der Waals surface area contributed by atoms with Gasteiger partial charge in [-0.15, -0.1) is 0 Å². The van der Waals surface area contributed by atoms with E-state index in [2.05, 4.69) is 16.2 Å². The van der Waals surface area contributed by atoms with Gasteiger partial charge in [0.15, 0.2) is 0 Å². The SMILES string of the molecule is O=C(O)C(F)(F)F.c1coc(CNCC2OCCc3cn(CC4CCOCC4)nc32)c1. The van der Waals surface area contributed by atoms with Gasteiger partial charge in [-0.3, -0.25) is 4.68 Å². The number of nitrogens with one attached hydrogen (secondary N) is 1. The zero-order chi connectivity index (χ0) is 22.3. The Labute approximate surface area is 177 Å². The van der Waals surface area contributed by atoms with E-state index in [0.717, 1.165) is 63.6 Å². The van der Waals surface area contributed by atoms with E-state index >= 15 is 0 Å². The van der Waals surface area contributed by atoms with Crippen LogP contribution in [0, 0.1) is 5.92 Å². The zero-order valence-corrected chi connectivity index (χ0v) is 16.9. The first-order valence-electron chi connectivity index (χ1n) is 10.1. The van der Waals surface area contributed by atoms with Gasteiger partial charge in [0.05, 0.1) is 25.1 Å². The number of fused-ring (bicyclic) bond motifs is 1. The molecule has 8 nitrogen and oxygen atoms in total. The third-order valence-electron chi connectivity index (χ3n) is 5.10. The van der Waals surface area contributed by atoms with E-state index < -0.39 is 12.1 Å². The lowest BCUT2D eigenvalue weighted by Crippen LogP contribution is -2.27. The van der Waals surface area contributed by atoms with Crippen LogP contribution in [0.5, 0.6) is 0 Å². The highest BCUT2D eigenvalue weighted by molar-refractivity contribution is 5.73. The van der Waals surface area contributed by atoms with Gasteiger partial charge in [0.2, 0.25) is 0 Å². The van der Waals surface area contributed by atoms with E-state index in [0.29, 0.717) is 12.5 Å². The van der Waals surface area contributed by atoms with E-state index in [1.807, 2.05) is 12.1 Å². The van der Waals surface area contributed by atoms with Crippen LogP contribution in [-0.2, 0) is 33.8 Å². The van der Waals surface area contributed by atoms with Crippen molar-refractivity contribution in [1.29, 1.82) is 0 Å².